The van der Waals surface area contributed by atoms with E-state index in [-0.39, 0.29) is 0 Å². The molecule has 2 aliphatic rings. The van der Waals surface area contributed by atoms with Crippen molar-refractivity contribution in [3.8, 4) is 0 Å². The molecule has 2 nitrogen and oxygen atoms in total. The lowest BCUT2D eigenvalue weighted by molar-refractivity contribution is -0.124. The number of hydrogen-bond acceptors (Lipinski definition) is 2. The molecular weight excluding hydrogens is 210 g/mol. The average Bonchev–Trinajstić information content (AvgIpc) is 2.39. The number of rotatable bonds is 1. The van der Waals surface area contributed by atoms with Crippen molar-refractivity contribution in [1.29, 1.82) is 0 Å². The SMILES string of the molecule is O=C1CCN2C[C@@H](c3ccccc3)CC[C@@H]2C1. The summed E-state index contributed by atoms with van der Waals surface area (Å²) in [6.45, 7) is 2.12. The molecule has 2 heteroatoms. The van der Waals surface area contributed by atoms with Crippen molar-refractivity contribution in [2.24, 2.45) is 0 Å². The monoisotopic (exact) mass is 229 g/mol. The van der Waals surface area contributed by atoms with E-state index in [9.17, 15) is 4.79 Å². The molecule has 0 saturated carbocycles. The Hall–Kier alpha value is -1.15. The van der Waals surface area contributed by atoms with Crippen molar-refractivity contribution >= 4 is 5.78 Å². The second-order valence-electron chi connectivity index (χ2n) is 5.33. The fraction of sp³-hybridized carbons (Fsp3) is 0.533. The molecule has 1 aromatic carbocycles. The highest BCUT2D eigenvalue weighted by atomic mass is 16.1. The second kappa shape index (κ2) is 4.61. The lowest BCUT2D eigenvalue weighted by Gasteiger charge is -2.42. The molecule has 0 unspecified atom stereocenters. The molecule has 0 aromatic heterocycles. The molecule has 2 atom stereocenters. The number of hydrogen-bond donors (Lipinski definition) is 0. The first-order valence-electron chi connectivity index (χ1n) is 6.63. The first-order chi connectivity index (χ1) is 8.33. The summed E-state index contributed by atoms with van der Waals surface area (Å²) >= 11 is 0. The van der Waals surface area contributed by atoms with Crippen LogP contribution in [0.1, 0.15) is 37.2 Å². The summed E-state index contributed by atoms with van der Waals surface area (Å²) < 4.78 is 0. The van der Waals surface area contributed by atoms with Gasteiger partial charge in [-0.25, -0.2) is 0 Å². The highest BCUT2D eigenvalue weighted by molar-refractivity contribution is 5.80. The van der Waals surface area contributed by atoms with Crippen molar-refractivity contribution in [2.75, 3.05) is 13.1 Å². The van der Waals surface area contributed by atoms with Crippen LogP contribution in [0.25, 0.3) is 0 Å². The van der Waals surface area contributed by atoms with Crippen LogP contribution in [0.15, 0.2) is 30.3 Å². The summed E-state index contributed by atoms with van der Waals surface area (Å²) in [5.41, 5.74) is 1.46. The van der Waals surface area contributed by atoms with Crippen molar-refractivity contribution in [1.82, 2.24) is 4.90 Å². The Labute approximate surface area is 103 Å². The molecule has 2 heterocycles. The lowest BCUT2D eigenvalue weighted by Crippen LogP contribution is -2.47. The van der Waals surface area contributed by atoms with Gasteiger partial charge in [0.1, 0.15) is 5.78 Å². The smallest absolute Gasteiger partial charge is 0.135 e. The zero-order chi connectivity index (χ0) is 11.7. The Morgan fingerprint density at radius 2 is 1.94 bits per heavy atom. The van der Waals surface area contributed by atoms with E-state index in [1.807, 2.05) is 0 Å². The molecule has 0 N–H and O–H groups in total. The normalized spacial score (nSPS) is 30.0. The summed E-state index contributed by atoms with van der Waals surface area (Å²) in [7, 11) is 0. The Kier molecular flexibility index (Phi) is 2.98. The van der Waals surface area contributed by atoms with Crippen LogP contribution in [0.5, 0.6) is 0 Å². The number of benzene rings is 1. The third-order valence-corrected chi connectivity index (χ3v) is 4.23. The quantitative estimate of drug-likeness (QED) is 0.737. The highest BCUT2D eigenvalue weighted by Gasteiger charge is 2.33. The number of ketones is 1. The molecule has 2 aliphatic heterocycles. The maximum Gasteiger partial charge on any atom is 0.135 e. The van der Waals surface area contributed by atoms with Crippen LogP contribution >= 0.6 is 0 Å². The van der Waals surface area contributed by atoms with Crippen LogP contribution in [0.4, 0.5) is 0 Å². The zero-order valence-electron chi connectivity index (χ0n) is 10.1. The highest BCUT2D eigenvalue weighted by Crippen LogP contribution is 2.33. The number of carbonyl (C=O) groups excluding carboxylic acids is 1. The Morgan fingerprint density at radius 3 is 2.76 bits per heavy atom. The molecule has 0 radical (unpaired) electrons. The molecular formula is C15H19NO. The lowest BCUT2D eigenvalue weighted by atomic mass is 9.84. The van der Waals surface area contributed by atoms with Gasteiger partial charge in [0.05, 0.1) is 0 Å². The predicted octanol–water partition coefficient (Wildman–Crippen LogP) is 2.60. The maximum absolute atomic E-state index is 11.4. The van der Waals surface area contributed by atoms with Crippen molar-refractivity contribution in [2.45, 2.75) is 37.6 Å². The number of fused-ring (bicyclic) bond motifs is 1. The summed E-state index contributed by atoms with van der Waals surface area (Å²) in [5.74, 6) is 1.13. The van der Waals surface area contributed by atoms with E-state index in [4.69, 9.17) is 0 Å². The van der Waals surface area contributed by atoms with Gasteiger partial charge in [0, 0.05) is 32.0 Å². The number of carbonyl (C=O) groups is 1. The van der Waals surface area contributed by atoms with Gasteiger partial charge >= 0.3 is 0 Å². The van der Waals surface area contributed by atoms with Gasteiger partial charge in [0.15, 0.2) is 0 Å². The number of piperidine rings is 2. The molecule has 1 aromatic rings. The molecule has 2 fully saturated rings. The van der Waals surface area contributed by atoms with E-state index in [1.165, 1.54) is 18.4 Å². The van der Waals surface area contributed by atoms with E-state index in [0.29, 0.717) is 17.7 Å². The van der Waals surface area contributed by atoms with Crippen LogP contribution in [0.2, 0.25) is 0 Å². The van der Waals surface area contributed by atoms with Crippen LogP contribution in [0, 0.1) is 0 Å². The Morgan fingerprint density at radius 1 is 1.12 bits per heavy atom. The first kappa shape index (κ1) is 11.0. The Bertz CT molecular complexity index is 401. The predicted molar refractivity (Wildman–Crippen MR) is 68.0 cm³/mol. The maximum atomic E-state index is 11.4. The van der Waals surface area contributed by atoms with Gasteiger partial charge in [-0.2, -0.15) is 0 Å². The third kappa shape index (κ3) is 2.27. The minimum atomic E-state index is 0.462. The van der Waals surface area contributed by atoms with Crippen LogP contribution < -0.4 is 0 Å². The van der Waals surface area contributed by atoms with Crippen molar-refractivity contribution < 1.29 is 4.79 Å². The van der Waals surface area contributed by atoms with Gasteiger partial charge in [-0.1, -0.05) is 30.3 Å². The number of Topliss-reactive ketones (excluding diaryl/α,β-unsaturated/α-hetero) is 1. The van der Waals surface area contributed by atoms with Gasteiger partial charge in [0.2, 0.25) is 0 Å². The Balaban J connectivity index is 1.70. The minimum absolute atomic E-state index is 0.462. The van der Waals surface area contributed by atoms with E-state index in [2.05, 4.69) is 35.2 Å². The van der Waals surface area contributed by atoms with Gasteiger partial charge in [0.25, 0.3) is 0 Å². The van der Waals surface area contributed by atoms with Crippen molar-refractivity contribution in [3.63, 3.8) is 0 Å². The second-order valence-corrected chi connectivity index (χ2v) is 5.33. The molecule has 2 saturated heterocycles. The van der Waals surface area contributed by atoms with Crippen molar-refractivity contribution in [3.05, 3.63) is 35.9 Å². The standard InChI is InChI=1S/C15H19NO/c17-15-8-9-16-11-13(6-7-14(16)10-15)12-4-2-1-3-5-12/h1-5,13-14H,6-11H2/t13-,14+/m0/s1. The molecule has 0 amide bonds. The van der Waals surface area contributed by atoms with Gasteiger partial charge < -0.3 is 0 Å². The molecule has 3 rings (SSSR count). The van der Waals surface area contributed by atoms with Gasteiger partial charge in [-0.15, -0.1) is 0 Å². The van der Waals surface area contributed by atoms with Crippen LogP contribution in [0.3, 0.4) is 0 Å². The molecule has 0 bridgehead atoms. The fourth-order valence-corrected chi connectivity index (χ4v) is 3.24. The topological polar surface area (TPSA) is 20.3 Å². The fourth-order valence-electron chi connectivity index (χ4n) is 3.24. The molecule has 17 heavy (non-hydrogen) atoms. The number of nitrogens with zero attached hydrogens (tertiary/aromatic N) is 1. The summed E-state index contributed by atoms with van der Waals surface area (Å²) in [4.78, 5) is 14.0. The van der Waals surface area contributed by atoms with Gasteiger partial charge in [-0.3, -0.25) is 9.69 Å². The minimum Gasteiger partial charge on any atom is -0.300 e. The van der Waals surface area contributed by atoms with Crippen LogP contribution in [-0.2, 0) is 4.79 Å². The van der Waals surface area contributed by atoms with Gasteiger partial charge in [-0.05, 0) is 24.3 Å². The van der Waals surface area contributed by atoms with E-state index >= 15 is 0 Å². The van der Waals surface area contributed by atoms with E-state index < -0.39 is 0 Å². The summed E-state index contributed by atoms with van der Waals surface area (Å²) in [5, 5.41) is 0. The van der Waals surface area contributed by atoms with E-state index in [0.717, 1.165) is 25.9 Å². The molecule has 0 aliphatic carbocycles. The summed E-state index contributed by atoms with van der Waals surface area (Å²) in [6, 6.07) is 11.3. The largest absolute Gasteiger partial charge is 0.300 e. The van der Waals surface area contributed by atoms with E-state index in [1.54, 1.807) is 0 Å². The molecule has 90 valence electrons. The van der Waals surface area contributed by atoms with Crippen LogP contribution in [-0.4, -0.2) is 29.8 Å². The average molecular weight is 229 g/mol. The summed E-state index contributed by atoms with van der Waals surface area (Å²) in [6.07, 6.45) is 3.98. The molecule has 0 spiro atoms. The first-order valence-corrected chi connectivity index (χ1v) is 6.63. The zero-order valence-corrected chi connectivity index (χ0v) is 10.1. The third-order valence-electron chi connectivity index (χ3n) is 4.23.